The van der Waals surface area contributed by atoms with Gasteiger partial charge in [-0.25, -0.2) is 0 Å². The Kier molecular flexibility index (Phi) is 6.23. The summed E-state index contributed by atoms with van der Waals surface area (Å²) in [6.07, 6.45) is 0. The van der Waals surface area contributed by atoms with E-state index in [0.717, 1.165) is 5.69 Å². The normalized spacial score (nSPS) is 13.1. The predicted molar refractivity (Wildman–Crippen MR) is 214 cm³/mol. The molecule has 0 fully saturated rings. The van der Waals surface area contributed by atoms with Crippen molar-refractivity contribution in [2.45, 2.75) is 27.7 Å². The highest BCUT2D eigenvalue weighted by Crippen LogP contribution is 2.50. The fraction of sp³-hybridized carbons (Fsp3) is 0.0870. The van der Waals surface area contributed by atoms with E-state index in [1.54, 1.807) is 0 Å². The summed E-state index contributed by atoms with van der Waals surface area (Å²) in [6.45, 7) is 8.85. The van der Waals surface area contributed by atoms with Crippen molar-refractivity contribution in [2.75, 3.05) is 9.80 Å². The summed E-state index contributed by atoms with van der Waals surface area (Å²) in [5.41, 5.74) is 20.0. The third-order valence-corrected chi connectivity index (χ3v) is 10.8. The maximum absolute atomic E-state index is 2.56. The van der Waals surface area contributed by atoms with Gasteiger partial charge in [0.25, 0.3) is 6.71 Å². The third kappa shape index (κ3) is 4.12. The second-order valence-corrected chi connectivity index (χ2v) is 14.1. The predicted octanol–water partition coefficient (Wildman–Crippen LogP) is 10.1. The molecule has 0 amide bonds. The number of hydrogen-bond acceptors (Lipinski definition) is 2. The second-order valence-electron chi connectivity index (χ2n) is 14.1. The van der Waals surface area contributed by atoms with E-state index in [-0.39, 0.29) is 6.71 Å². The molecular weight excluding hydrogens is 605 g/mol. The molecule has 0 aliphatic carbocycles. The highest BCUT2D eigenvalue weighted by atomic mass is 15.2. The topological polar surface area (TPSA) is 11.4 Å². The summed E-state index contributed by atoms with van der Waals surface area (Å²) in [5, 5.41) is 2.53. The van der Waals surface area contributed by atoms with E-state index >= 15 is 0 Å². The van der Waals surface area contributed by atoms with Gasteiger partial charge in [0.2, 0.25) is 0 Å². The van der Waals surface area contributed by atoms with Crippen LogP contribution in [0.15, 0.2) is 146 Å². The quantitative estimate of drug-likeness (QED) is 0.178. The van der Waals surface area contributed by atoms with E-state index in [4.69, 9.17) is 0 Å². The molecule has 0 saturated carbocycles. The van der Waals surface area contributed by atoms with Gasteiger partial charge in [-0.2, -0.15) is 0 Å². The van der Waals surface area contributed by atoms with Gasteiger partial charge in [0.1, 0.15) is 0 Å². The zero-order chi connectivity index (χ0) is 33.7. The van der Waals surface area contributed by atoms with E-state index in [1.807, 2.05) is 0 Å². The lowest BCUT2D eigenvalue weighted by molar-refractivity contribution is 1.17. The molecule has 0 spiro atoms. The molecular formula is C46H36BN3. The van der Waals surface area contributed by atoms with E-state index in [9.17, 15) is 0 Å². The summed E-state index contributed by atoms with van der Waals surface area (Å²) in [4.78, 5) is 5.08. The van der Waals surface area contributed by atoms with E-state index in [1.165, 1.54) is 94.6 Å². The number of rotatable bonds is 3. The highest BCUT2D eigenvalue weighted by Gasteiger charge is 2.45. The third-order valence-electron chi connectivity index (χ3n) is 10.8. The average Bonchev–Trinajstić information content (AvgIpc) is 3.47. The maximum Gasteiger partial charge on any atom is 0.252 e. The van der Waals surface area contributed by atoms with Gasteiger partial charge in [0.15, 0.2) is 0 Å². The van der Waals surface area contributed by atoms with Crippen LogP contribution in [0.25, 0.3) is 27.5 Å². The first-order valence-corrected chi connectivity index (χ1v) is 17.6. The van der Waals surface area contributed by atoms with Crippen LogP contribution in [-0.2, 0) is 0 Å². The zero-order valence-corrected chi connectivity index (χ0v) is 28.8. The van der Waals surface area contributed by atoms with Gasteiger partial charge in [0.05, 0.1) is 16.7 Å². The minimum absolute atomic E-state index is 0.0661. The first-order valence-electron chi connectivity index (χ1n) is 17.6. The van der Waals surface area contributed by atoms with Crippen LogP contribution >= 0.6 is 0 Å². The molecule has 0 radical (unpaired) electrons. The fourth-order valence-corrected chi connectivity index (χ4v) is 8.55. The summed E-state index contributed by atoms with van der Waals surface area (Å²) < 4.78 is 2.46. The van der Waals surface area contributed by atoms with Gasteiger partial charge in [-0.1, -0.05) is 107 Å². The Morgan fingerprint density at radius 2 is 0.960 bits per heavy atom. The smallest absolute Gasteiger partial charge is 0.252 e. The minimum atomic E-state index is 0.0661. The molecule has 7 aromatic carbocycles. The lowest BCUT2D eigenvalue weighted by Gasteiger charge is -2.44. The van der Waals surface area contributed by atoms with E-state index in [2.05, 4.69) is 188 Å². The molecule has 0 saturated heterocycles. The lowest BCUT2D eigenvalue weighted by Crippen LogP contribution is -2.61. The Labute approximate surface area is 293 Å². The fourth-order valence-electron chi connectivity index (χ4n) is 8.55. The van der Waals surface area contributed by atoms with Crippen LogP contribution < -0.4 is 26.2 Å². The molecule has 0 unspecified atom stereocenters. The van der Waals surface area contributed by atoms with Gasteiger partial charge in [-0.05, 0) is 105 Å². The Morgan fingerprint density at radius 1 is 0.420 bits per heavy atom. The molecule has 0 N–H and O–H groups in total. The average molecular weight is 642 g/mol. The van der Waals surface area contributed by atoms with E-state index in [0.29, 0.717) is 0 Å². The van der Waals surface area contributed by atoms with Crippen molar-refractivity contribution in [2.24, 2.45) is 0 Å². The molecule has 3 heterocycles. The Bertz CT molecular complexity index is 2620. The molecule has 1 aromatic heterocycles. The van der Waals surface area contributed by atoms with Crippen molar-refractivity contribution in [3.8, 4) is 5.69 Å². The number of aromatic nitrogens is 1. The number of anilines is 6. The summed E-state index contributed by atoms with van der Waals surface area (Å²) in [7, 11) is 0. The van der Waals surface area contributed by atoms with Crippen LogP contribution in [0.4, 0.5) is 34.1 Å². The molecule has 2 aliphatic heterocycles. The summed E-state index contributed by atoms with van der Waals surface area (Å²) >= 11 is 0. The Hall–Kier alpha value is -6.00. The molecule has 0 atom stereocenters. The Morgan fingerprint density at radius 3 is 1.60 bits per heavy atom. The van der Waals surface area contributed by atoms with Crippen molar-refractivity contribution in [1.29, 1.82) is 0 Å². The number of hydrogen-bond donors (Lipinski definition) is 0. The molecule has 8 aromatic rings. The van der Waals surface area contributed by atoms with Gasteiger partial charge in [0, 0.05) is 44.9 Å². The molecule has 238 valence electrons. The molecule has 50 heavy (non-hydrogen) atoms. The van der Waals surface area contributed by atoms with E-state index < -0.39 is 0 Å². The van der Waals surface area contributed by atoms with Crippen LogP contribution in [0.1, 0.15) is 22.3 Å². The Balaban J connectivity index is 1.45. The van der Waals surface area contributed by atoms with Gasteiger partial charge in [-0.15, -0.1) is 0 Å². The van der Waals surface area contributed by atoms with Gasteiger partial charge in [-0.3, -0.25) is 0 Å². The van der Waals surface area contributed by atoms with Crippen molar-refractivity contribution < 1.29 is 0 Å². The molecule has 0 bridgehead atoms. The lowest BCUT2D eigenvalue weighted by atomic mass is 9.33. The van der Waals surface area contributed by atoms with Crippen molar-refractivity contribution in [3.05, 3.63) is 168 Å². The number of benzene rings is 7. The summed E-state index contributed by atoms with van der Waals surface area (Å²) in [5.74, 6) is 0. The molecule has 2 aliphatic rings. The second kappa shape index (κ2) is 10.8. The molecule has 10 rings (SSSR count). The first kappa shape index (κ1) is 29.0. The first-order chi connectivity index (χ1) is 24.5. The molecule has 4 heteroatoms. The standard InChI is InChI=1S/C46H36BN3/c1-29-14-20-34(21-15-29)49-40-24-18-31(3)26-37(40)47-38-27-32(4)19-25-41(38)50(35-22-16-30(2)17-23-35)46-44-36-12-8-9-13-39(36)48(33-10-6-5-7-11-33)42(44)28-43(49)45(46)47/h5-28H,1-4H3. The van der Waals surface area contributed by atoms with Crippen LogP contribution in [-0.4, -0.2) is 11.3 Å². The number of aryl methyl sites for hydroxylation is 4. The van der Waals surface area contributed by atoms with Crippen molar-refractivity contribution in [1.82, 2.24) is 4.57 Å². The van der Waals surface area contributed by atoms with Gasteiger partial charge >= 0.3 is 0 Å². The SMILES string of the molecule is Cc1ccc(N2c3ccc(C)cc3B3c4cc(C)ccc4N(c4ccc(C)cc4)c4c3c2cc2c4c3ccccc3n2-c2ccccc2)cc1. The van der Waals surface area contributed by atoms with Crippen LogP contribution in [0.3, 0.4) is 0 Å². The number of fused-ring (bicyclic) bond motifs is 8. The highest BCUT2D eigenvalue weighted by molar-refractivity contribution is 7.00. The summed E-state index contributed by atoms with van der Waals surface area (Å²) in [6, 6.07) is 54.4. The minimum Gasteiger partial charge on any atom is -0.311 e. The maximum atomic E-state index is 2.56. The number of para-hydroxylation sites is 2. The van der Waals surface area contributed by atoms with Crippen LogP contribution in [0, 0.1) is 27.7 Å². The largest absolute Gasteiger partial charge is 0.311 e. The van der Waals surface area contributed by atoms with Gasteiger partial charge < -0.3 is 14.4 Å². The zero-order valence-electron chi connectivity index (χ0n) is 28.8. The van der Waals surface area contributed by atoms with Crippen LogP contribution in [0.5, 0.6) is 0 Å². The van der Waals surface area contributed by atoms with Crippen molar-refractivity contribution >= 4 is 79.0 Å². The molecule has 3 nitrogen and oxygen atoms in total. The van der Waals surface area contributed by atoms with Crippen molar-refractivity contribution in [3.63, 3.8) is 0 Å². The number of nitrogens with zero attached hydrogens (tertiary/aromatic N) is 3. The monoisotopic (exact) mass is 641 g/mol. The van der Waals surface area contributed by atoms with Crippen LogP contribution in [0.2, 0.25) is 0 Å².